The zero-order valence-electron chi connectivity index (χ0n) is 13.1. The third-order valence-electron chi connectivity index (χ3n) is 3.69. The molecule has 1 aromatic rings. The molecule has 6 nitrogen and oxygen atoms in total. The van der Waals surface area contributed by atoms with Crippen molar-refractivity contribution in [2.45, 2.75) is 38.9 Å². The van der Waals surface area contributed by atoms with Gasteiger partial charge in [0.25, 0.3) is 0 Å². The summed E-state index contributed by atoms with van der Waals surface area (Å²) in [6.45, 7) is 11.8. The molecule has 1 aromatic heterocycles. The summed E-state index contributed by atoms with van der Waals surface area (Å²) in [5.41, 5.74) is -0.130. The van der Waals surface area contributed by atoms with E-state index in [-0.39, 0.29) is 21.6 Å². The van der Waals surface area contributed by atoms with Gasteiger partial charge in [0.05, 0.1) is 16.6 Å². The summed E-state index contributed by atoms with van der Waals surface area (Å²) < 4.78 is 5.99. The Kier molecular flexibility index (Phi) is 5.72. The van der Waals surface area contributed by atoms with Crippen LogP contribution in [-0.2, 0) is 4.43 Å². The number of rotatable bonds is 6. The third-order valence-corrected chi connectivity index (χ3v) is 8.44. The molecule has 0 unspecified atom stereocenters. The van der Waals surface area contributed by atoms with Crippen LogP contribution in [0.4, 0.5) is 11.5 Å². The van der Waals surface area contributed by atoms with Gasteiger partial charge in [-0.05, 0) is 18.1 Å². The summed E-state index contributed by atoms with van der Waals surface area (Å²) in [4.78, 5) is 14.4. The van der Waals surface area contributed by atoms with E-state index in [9.17, 15) is 10.1 Å². The Morgan fingerprint density at radius 2 is 2.10 bits per heavy atom. The van der Waals surface area contributed by atoms with Crippen LogP contribution in [0, 0.1) is 10.1 Å². The molecule has 1 heterocycles. The molecule has 0 saturated carbocycles. The van der Waals surface area contributed by atoms with Crippen molar-refractivity contribution < 1.29 is 9.35 Å². The molecule has 0 amide bonds. The van der Waals surface area contributed by atoms with Gasteiger partial charge in [0.1, 0.15) is 0 Å². The molecule has 118 valence electrons. The van der Waals surface area contributed by atoms with Gasteiger partial charge in [-0.15, -0.1) is 0 Å². The van der Waals surface area contributed by atoms with Crippen LogP contribution in [0.25, 0.3) is 0 Å². The van der Waals surface area contributed by atoms with Crippen molar-refractivity contribution in [3.63, 3.8) is 0 Å². The number of hydrogen-bond donors (Lipinski definition) is 1. The van der Waals surface area contributed by atoms with Crippen LogP contribution in [0.2, 0.25) is 23.2 Å². The molecule has 0 aromatic carbocycles. The first-order chi connectivity index (χ1) is 9.54. The number of pyridine rings is 1. The van der Waals surface area contributed by atoms with E-state index in [4.69, 9.17) is 16.0 Å². The largest absolute Gasteiger partial charge is 0.415 e. The minimum Gasteiger partial charge on any atom is -0.415 e. The summed E-state index contributed by atoms with van der Waals surface area (Å²) in [5.74, 6) is 0.211. The van der Waals surface area contributed by atoms with Gasteiger partial charge in [-0.25, -0.2) is 4.98 Å². The average molecular weight is 332 g/mol. The van der Waals surface area contributed by atoms with Gasteiger partial charge >= 0.3 is 5.69 Å². The van der Waals surface area contributed by atoms with Crippen molar-refractivity contribution in [2.75, 3.05) is 18.5 Å². The number of halogens is 1. The fourth-order valence-electron chi connectivity index (χ4n) is 1.40. The Balaban J connectivity index is 2.60. The summed E-state index contributed by atoms with van der Waals surface area (Å²) in [7, 11) is -1.80. The maximum absolute atomic E-state index is 10.9. The third kappa shape index (κ3) is 4.94. The monoisotopic (exact) mass is 331 g/mol. The van der Waals surface area contributed by atoms with Crippen molar-refractivity contribution in [1.82, 2.24) is 4.98 Å². The highest BCUT2D eigenvalue weighted by molar-refractivity contribution is 6.74. The van der Waals surface area contributed by atoms with Gasteiger partial charge in [0, 0.05) is 18.8 Å². The van der Waals surface area contributed by atoms with E-state index in [2.05, 4.69) is 44.2 Å². The lowest BCUT2D eigenvalue weighted by molar-refractivity contribution is -0.384. The second-order valence-corrected chi connectivity index (χ2v) is 11.6. The Hall–Kier alpha value is -1.18. The van der Waals surface area contributed by atoms with E-state index in [0.29, 0.717) is 13.2 Å². The van der Waals surface area contributed by atoms with Gasteiger partial charge in [-0.3, -0.25) is 10.1 Å². The molecule has 1 rings (SSSR count). The minimum atomic E-state index is -1.80. The standard InChI is InChI=1S/C13H22ClN3O3Si/c1-13(2,3)21(4,5)20-7-6-15-12-11(17(18)19)8-10(14)9-16-12/h8-9H,6-7H2,1-5H3,(H,15,16). The van der Waals surface area contributed by atoms with E-state index >= 15 is 0 Å². The molecule has 0 aliphatic rings. The van der Waals surface area contributed by atoms with Crippen LogP contribution < -0.4 is 5.32 Å². The predicted molar refractivity (Wildman–Crippen MR) is 87.5 cm³/mol. The summed E-state index contributed by atoms with van der Waals surface area (Å²) in [6.07, 6.45) is 1.38. The molecule has 0 bridgehead atoms. The van der Waals surface area contributed by atoms with Gasteiger partial charge in [-0.2, -0.15) is 0 Å². The number of hydrogen-bond acceptors (Lipinski definition) is 5. The highest BCUT2D eigenvalue weighted by Gasteiger charge is 2.36. The average Bonchev–Trinajstić information content (AvgIpc) is 2.34. The van der Waals surface area contributed by atoms with Gasteiger partial charge in [-0.1, -0.05) is 32.4 Å². The maximum atomic E-state index is 10.9. The molecule has 0 radical (unpaired) electrons. The zero-order chi connectivity index (χ0) is 16.3. The van der Waals surface area contributed by atoms with Crippen LogP contribution in [0.1, 0.15) is 20.8 Å². The number of anilines is 1. The van der Waals surface area contributed by atoms with Crippen molar-refractivity contribution in [3.8, 4) is 0 Å². The highest BCUT2D eigenvalue weighted by atomic mass is 35.5. The van der Waals surface area contributed by atoms with E-state index in [0.717, 1.165) is 0 Å². The predicted octanol–water partition coefficient (Wildman–Crippen LogP) is 4.08. The molecule has 0 aliphatic carbocycles. The second kappa shape index (κ2) is 6.72. The van der Waals surface area contributed by atoms with E-state index < -0.39 is 13.2 Å². The second-order valence-electron chi connectivity index (χ2n) is 6.31. The molecular formula is C13H22ClN3O3Si. The number of aromatic nitrogens is 1. The zero-order valence-corrected chi connectivity index (χ0v) is 14.8. The van der Waals surface area contributed by atoms with Gasteiger partial charge in [0.2, 0.25) is 5.82 Å². The smallest absolute Gasteiger partial charge is 0.312 e. The number of nitrogens with zero attached hydrogens (tertiary/aromatic N) is 2. The number of nitro groups is 1. The Bertz CT molecular complexity index is 518. The summed E-state index contributed by atoms with van der Waals surface area (Å²) in [6, 6.07) is 1.28. The minimum absolute atomic E-state index is 0.130. The Morgan fingerprint density at radius 3 is 2.62 bits per heavy atom. The van der Waals surface area contributed by atoms with Crippen LogP contribution in [-0.4, -0.2) is 31.4 Å². The highest BCUT2D eigenvalue weighted by Crippen LogP contribution is 2.36. The van der Waals surface area contributed by atoms with Gasteiger partial charge in [0.15, 0.2) is 8.32 Å². The molecule has 0 spiro atoms. The molecule has 1 N–H and O–H groups in total. The first-order valence-electron chi connectivity index (χ1n) is 6.72. The summed E-state index contributed by atoms with van der Waals surface area (Å²) >= 11 is 5.72. The fraction of sp³-hybridized carbons (Fsp3) is 0.615. The Morgan fingerprint density at radius 1 is 1.48 bits per heavy atom. The van der Waals surface area contributed by atoms with E-state index in [1.807, 2.05) is 0 Å². The van der Waals surface area contributed by atoms with E-state index in [1.165, 1.54) is 12.3 Å². The van der Waals surface area contributed by atoms with Crippen molar-refractivity contribution in [2.24, 2.45) is 0 Å². The van der Waals surface area contributed by atoms with Crippen molar-refractivity contribution >= 4 is 31.4 Å². The number of nitrogens with one attached hydrogen (secondary N) is 1. The normalized spacial score (nSPS) is 12.3. The quantitative estimate of drug-likeness (QED) is 0.368. The molecule has 0 fully saturated rings. The Labute approximate surface area is 131 Å². The molecule has 0 atom stereocenters. The van der Waals surface area contributed by atoms with Crippen LogP contribution in [0.5, 0.6) is 0 Å². The van der Waals surface area contributed by atoms with Crippen LogP contribution in [0.15, 0.2) is 12.3 Å². The van der Waals surface area contributed by atoms with Crippen LogP contribution in [0.3, 0.4) is 0 Å². The molecule has 0 aliphatic heterocycles. The molecular weight excluding hydrogens is 310 g/mol. The lowest BCUT2D eigenvalue weighted by Gasteiger charge is -2.36. The lowest BCUT2D eigenvalue weighted by atomic mass is 10.2. The van der Waals surface area contributed by atoms with Gasteiger partial charge < -0.3 is 9.74 Å². The first-order valence-corrected chi connectivity index (χ1v) is 10.0. The van der Waals surface area contributed by atoms with Crippen molar-refractivity contribution in [3.05, 3.63) is 27.4 Å². The van der Waals surface area contributed by atoms with E-state index in [1.54, 1.807) is 0 Å². The topological polar surface area (TPSA) is 77.3 Å². The summed E-state index contributed by atoms with van der Waals surface area (Å²) in [5, 5.41) is 14.2. The van der Waals surface area contributed by atoms with Crippen molar-refractivity contribution in [1.29, 1.82) is 0 Å². The maximum Gasteiger partial charge on any atom is 0.312 e. The fourth-order valence-corrected chi connectivity index (χ4v) is 2.59. The lowest BCUT2D eigenvalue weighted by Crippen LogP contribution is -2.41. The molecule has 8 heteroatoms. The molecule has 0 saturated heterocycles. The first kappa shape index (κ1) is 17.9. The molecule has 21 heavy (non-hydrogen) atoms. The SMILES string of the molecule is CC(C)(C)[Si](C)(C)OCCNc1ncc(Cl)cc1[N+](=O)[O-]. The van der Waals surface area contributed by atoms with Crippen LogP contribution >= 0.6 is 11.6 Å².